The quantitative estimate of drug-likeness (QED) is 0.471. The third-order valence-corrected chi connectivity index (χ3v) is 4.07. The van der Waals surface area contributed by atoms with Crippen LogP contribution < -0.4 is 10.6 Å². The van der Waals surface area contributed by atoms with Crippen LogP contribution in [0.3, 0.4) is 0 Å². The Balaban J connectivity index is 1.37. The number of halogens is 2. The van der Waals surface area contributed by atoms with E-state index in [0.717, 1.165) is 11.5 Å². The second kappa shape index (κ2) is 7.37. The second-order valence-electron chi connectivity index (χ2n) is 5.69. The first kappa shape index (κ1) is 17.5. The molecular weight excluding hydrogens is 391 g/mol. The summed E-state index contributed by atoms with van der Waals surface area (Å²) in [6, 6.07) is 7.29. The van der Waals surface area contributed by atoms with E-state index in [1.54, 1.807) is 22.7 Å². The van der Waals surface area contributed by atoms with Crippen molar-refractivity contribution in [2.45, 2.75) is 6.92 Å². The molecule has 0 fully saturated rings. The second-order valence-corrected chi connectivity index (χ2v) is 6.56. The van der Waals surface area contributed by atoms with Crippen molar-refractivity contribution < 1.29 is 4.52 Å². The maximum atomic E-state index is 6.00. The number of nitrogens with zero attached hydrogens (tertiary/aromatic N) is 6. The lowest BCUT2D eigenvalue weighted by Gasteiger charge is -2.08. The third kappa shape index (κ3) is 3.93. The van der Waals surface area contributed by atoms with E-state index >= 15 is 0 Å². The van der Waals surface area contributed by atoms with Gasteiger partial charge in [0.2, 0.25) is 5.82 Å². The van der Waals surface area contributed by atoms with Gasteiger partial charge in [0.15, 0.2) is 0 Å². The molecule has 0 radical (unpaired) electrons. The van der Waals surface area contributed by atoms with Crippen LogP contribution >= 0.6 is 23.2 Å². The highest BCUT2D eigenvalue weighted by atomic mass is 35.5. The average molecular weight is 405 g/mol. The number of hydrogen-bond donors (Lipinski definition) is 2. The fourth-order valence-electron chi connectivity index (χ4n) is 2.51. The summed E-state index contributed by atoms with van der Waals surface area (Å²) in [6.07, 6.45) is 1.47. The lowest BCUT2D eigenvalue weighted by Crippen LogP contribution is -2.16. The van der Waals surface area contributed by atoms with Crippen molar-refractivity contribution in [1.29, 1.82) is 0 Å². The molecule has 11 heteroatoms. The van der Waals surface area contributed by atoms with E-state index in [-0.39, 0.29) is 0 Å². The fourth-order valence-corrected chi connectivity index (χ4v) is 3.04. The Morgan fingerprint density at radius 1 is 1.04 bits per heavy atom. The lowest BCUT2D eigenvalue weighted by molar-refractivity contribution is 0.432. The van der Waals surface area contributed by atoms with Crippen LogP contribution in [0.1, 0.15) is 5.69 Å². The summed E-state index contributed by atoms with van der Waals surface area (Å²) in [5.74, 6) is 1.76. The minimum Gasteiger partial charge on any atom is -0.368 e. The summed E-state index contributed by atoms with van der Waals surface area (Å²) in [5.41, 5.74) is 1.54. The highest BCUT2D eigenvalue weighted by Crippen LogP contribution is 2.26. The largest absolute Gasteiger partial charge is 0.368 e. The maximum Gasteiger partial charge on any atom is 0.321 e. The molecule has 3 heterocycles. The molecule has 9 nitrogen and oxygen atoms in total. The summed E-state index contributed by atoms with van der Waals surface area (Å²) < 4.78 is 6.84. The van der Waals surface area contributed by atoms with Gasteiger partial charge in [-0.25, -0.2) is 4.98 Å². The van der Waals surface area contributed by atoms with Gasteiger partial charge >= 0.3 is 6.01 Å². The molecule has 0 atom stereocenters. The fraction of sp³-hybridized carbons (Fsp3) is 0.188. The Morgan fingerprint density at radius 3 is 2.63 bits per heavy atom. The van der Waals surface area contributed by atoms with Crippen LogP contribution in [0.5, 0.6) is 0 Å². The molecule has 4 aromatic rings. The van der Waals surface area contributed by atoms with Gasteiger partial charge in [-0.1, -0.05) is 28.4 Å². The zero-order valence-electron chi connectivity index (χ0n) is 14.1. The van der Waals surface area contributed by atoms with Crippen LogP contribution in [-0.4, -0.2) is 42.8 Å². The minimum absolute atomic E-state index is 0.305. The first-order chi connectivity index (χ1) is 13.1. The summed E-state index contributed by atoms with van der Waals surface area (Å²) >= 11 is 12.0. The third-order valence-electron chi connectivity index (χ3n) is 3.63. The number of aryl methyl sites for hydroxylation is 1. The van der Waals surface area contributed by atoms with Gasteiger partial charge in [0, 0.05) is 40.5 Å². The van der Waals surface area contributed by atoms with Gasteiger partial charge in [0.05, 0.1) is 0 Å². The van der Waals surface area contributed by atoms with Gasteiger partial charge in [0.1, 0.15) is 12.1 Å². The predicted molar refractivity (Wildman–Crippen MR) is 102 cm³/mol. The Bertz CT molecular complexity index is 1070. The molecule has 0 aliphatic carbocycles. The highest BCUT2D eigenvalue weighted by Gasteiger charge is 2.10. The predicted octanol–water partition coefficient (Wildman–Crippen LogP) is 3.31. The molecule has 1 aromatic carbocycles. The number of benzene rings is 1. The van der Waals surface area contributed by atoms with Crippen molar-refractivity contribution in [3.63, 3.8) is 0 Å². The molecule has 0 spiro atoms. The van der Waals surface area contributed by atoms with Crippen LogP contribution in [0.15, 0.2) is 35.1 Å². The van der Waals surface area contributed by atoms with E-state index in [4.69, 9.17) is 27.7 Å². The van der Waals surface area contributed by atoms with Gasteiger partial charge in [-0.15, -0.1) is 0 Å². The van der Waals surface area contributed by atoms with E-state index in [2.05, 4.69) is 35.8 Å². The standard InChI is InChI=1S/C16H14Cl2N8O/c1-9-4-13(26-15(23-9)21-8-22-26)19-2-3-20-16-24-14(25-27-16)10-5-11(17)7-12(18)6-10/h4-8,19H,2-3H2,1H3,(H,20,24,25). The molecule has 4 rings (SSSR count). The van der Waals surface area contributed by atoms with E-state index in [1.165, 1.54) is 6.33 Å². The van der Waals surface area contributed by atoms with E-state index in [1.807, 2.05) is 13.0 Å². The van der Waals surface area contributed by atoms with Gasteiger partial charge in [-0.05, 0) is 25.1 Å². The van der Waals surface area contributed by atoms with Crippen molar-refractivity contribution in [3.8, 4) is 11.4 Å². The Morgan fingerprint density at radius 2 is 1.81 bits per heavy atom. The van der Waals surface area contributed by atoms with Crippen LogP contribution in [0, 0.1) is 6.92 Å². The summed E-state index contributed by atoms with van der Waals surface area (Å²) in [6.45, 7) is 3.05. The SMILES string of the molecule is Cc1cc(NCCNc2nc(-c3cc(Cl)cc(Cl)c3)no2)n2ncnc2n1. The normalized spacial score (nSPS) is 11.1. The van der Waals surface area contributed by atoms with Crippen molar-refractivity contribution >= 4 is 40.8 Å². The number of nitrogens with one attached hydrogen (secondary N) is 2. The first-order valence-electron chi connectivity index (χ1n) is 8.04. The van der Waals surface area contributed by atoms with Crippen LogP contribution in [0.2, 0.25) is 10.0 Å². The molecule has 0 amide bonds. The molecule has 0 saturated heterocycles. The smallest absolute Gasteiger partial charge is 0.321 e. The zero-order valence-corrected chi connectivity index (χ0v) is 15.7. The lowest BCUT2D eigenvalue weighted by atomic mass is 10.2. The Kier molecular flexibility index (Phi) is 4.78. The molecule has 0 saturated carbocycles. The first-order valence-corrected chi connectivity index (χ1v) is 8.79. The van der Waals surface area contributed by atoms with Gasteiger partial charge in [0.25, 0.3) is 5.78 Å². The monoisotopic (exact) mass is 404 g/mol. The van der Waals surface area contributed by atoms with Gasteiger partial charge < -0.3 is 15.2 Å². The summed E-state index contributed by atoms with van der Waals surface area (Å²) in [7, 11) is 0. The van der Waals surface area contributed by atoms with Crippen LogP contribution in [0.25, 0.3) is 17.2 Å². The van der Waals surface area contributed by atoms with Crippen molar-refractivity contribution in [2.75, 3.05) is 23.7 Å². The summed E-state index contributed by atoms with van der Waals surface area (Å²) in [5, 5.41) is 15.4. The Labute approximate surface area is 163 Å². The molecule has 3 aromatic heterocycles. The van der Waals surface area contributed by atoms with Crippen LogP contribution in [0.4, 0.5) is 11.8 Å². The maximum absolute atomic E-state index is 6.00. The molecule has 27 heavy (non-hydrogen) atoms. The number of hydrogen-bond acceptors (Lipinski definition) is 8. The molecule has 0 aliphatic rings. The molecule has 0 unspecified atom stereocenters. The molecule has 2 N–H and O–H groups in total. The minimum atomic E-state index is 0.305. The van der Waals surface area contributed by atoms with Gasteiger partial charge in [-0.3, -0.25) is 0 Å². The average Bonchev–Trinajstić information content (AvgIpc) is 3.27. The van der Waals surface area contributed by atoms with Crippen molar-refractivity contribution in [3.05, 3.63) is 46.3 Å². The molecular formula is C16H14Cl2N8O. The van der Waals surface area contributed by atoms with E-state index in [0.29, 0.717) is 46.3 Å². The molecule has 138 valence electrons. The summed E-state index contributed by atoms with van der Waals surface area (Å²) in [4.78, 5) is 12.7. The van der Waals surface area contributed by atoms with E-state index < -0.39 is 0 Å². The number of fused-ring (bicyclic) bond motifs is 1. The van der Waals surface area contributed by atoms with Crippen molar-refractivity contribution in [2.24, 2.45) is 0 Å². The topological polar surface area (TPSA) is 106 Å². The number of rotatable bonds is 6. The Hall–Kier alpha value is -2.91. The number of anilines is 2. The van der Waals surface area contributed by atoms with Crippen molar-refractivity contribution in [1.82, 2.24) is 29.7 Å². The molecule has 0 aliphatic heterocycles. The van der Waals surface area contributed by atoms with Gasteiger partial charge in [-0.2, -0.15) is 19.6 Å². The highest BCUT2D eigenvalue weighted by molar-refractivity contribution is 6.35. The zero-order chi connectivity index (χ0) is 18.8. The number of aromatic nitrogens is 6. The van der Waals surface area contributed by atoms with Crippen LogP contribution in [-0.2, 0) is 0 Å². The van der Waals surface area contributed by atoms with E-state index in [9.17, 15) is 0 Å². The molecule has 0 bridgehead atoms.